The van der Waals surface area contributed by atoms with E-state index in [4.69, 9.17) is 11.6 Å². The second-order valence-electron chi connectivity index (χ2n) is 2.95. The summed E-state index contributed by atoms with van der Waals surface area (Å²) in [5, 5.41) is 2.79. The number of halogens is 1. The number of Topliss-reactive ketones (excluding diaryl/α,β-unsaturated/α-hetero) is 1. The Morgan fingerprint density at radius 2 is 2.00 bits per heavy atom. The molecule has 15 heavy (non-hydrogen) atoms. The molecule has 0 atom stereocenters. The number of hydrogen-bond acceptors (Lipinski definition) is 3. The summed E-state index contributed by atoms with van der Waals surface area (Å²) < 4.78 is 0. The van der Waals surface area contributed by atoms with Crippen LogP contribution >= 0.6 is 11.6 Å². The Morgan fingerprint density at radius 1 is 1.27 bits per heavy atom. The van der Waals surface area contributed by atoms with Crippen LogP contribution in [-0.4, -0.2) is 17.6 Å². The number of carbonyl (C=O) groups excluding carboxylic acids is 3. The van der Waals surface area contributed by atoms with Crippen molar-refractivity contribution in [3.05, 3.63) is 34.4 Å². The molecule has 2 rings (SSSR count). The topological polar surface area (TPSA) is 63.2 Å². The third-order valence-corrected chi connectivity index (χ3v) is 2.27. The van der Waals surface area contributed by atoms with Crippen LogP contribution in [0.25, 0.3) is 0 Å². The maximum absolute atomic E-state index is 11.6. The zero-order chi connectivity index (χ0) is 11.0. The molecule has 1 aliphatic heterocycles. The van der Waals surface area contributed by atoms with E-state index in [1.807, 2.05) is 0 Å². The van der Waals surface area contributed by atoms with E-state index in [0.29, 0.717) is 10.7 Å². The van der Waals surface area contributed by atoms with Crippen LogP contribution in [-0.2, 0) is 9.59 Å². The molecule has 74 valence electrons. The van der Waals surface area contributed by atoms with Gasteiger partial charge in [-0.15, -0.1) is 0 Å². The Bertz CT molecular complexity index is 529. The summed E-state index contributed by atoms with van der Waals surface area (Å²) in [6.45, 7) is 0. The number of nitrogens with one attached hydrogen (secondary N) is 1. The van der Waals surface area contributed by atoms with Crippen LogP contribution in [0.1, 0.15) is 10.4 Å². The molecule has 0 fully saturated rings. The number of anilines is 1. The van der Waals surface area contributed by atoms with Gasteiger partial charge < -0.3 is 5.32 Å². The Kier molecular flexibility index (Phi) is 2.15. The Morgan fingerprint density at radius 3 is 2.67 bits per heavy atom. The fourth-order valence-electron chi connectivity index (χ4n) is 1.33. The van der Waals surface area contributed by atoms with E-state index in [9.17, 15) is 14.4 Å². The van der Waals surface area contributed by atoms with Gasteiger partial charge in [-0.3, -0.25) is 9.59 Å². The highest BCUT2D eigenvalue weighted by atomic mass is 35.5. The first kappa shape index (κ1) is 9.65. The summed E-state index contributed by atoms with van der Waals surface area (Å²) in [7, 11) is 0. The largest absolute Gasteiger partial charge is 0.320 e. The van der Waals surface area contributed by atoms with Crippen molar-refractivity contribution in [2.24, 2.45) is 0 Å². The standard InChI is InChI=1S/C10H4ClNO3/c11-5-1-2-6-8(3-5)12-10(15)7(4-13)9(6)14/h1-3H,(H,12,15). The molecule has 1 amide bonds. The molecule has 0 bridgehead atoms. The van der Waals surface area contributed by atoms with Gasteiger partial charge in [0.05, 0.1) is 5.69 Å². The number of fused-ring (bicyclic) bond motifs is 1. The summed E-state index contributed by atoms with van der Waals surface area (Å²) in [5.74, 6) is -0.0392. The molecule has 0 saturated heterocycles. The number of rotatable bonds is 0. The van der Waals surface area contributed by atoms with Gasteiger partial charge in [-0.25, -0.2) is 4.79 Å². The summed E-state index contributed by atoms with van der Waals surface area (Å²) in [4.78, 5) is 33.2. The molecular formula is C10H4ClNO3. The molecule has 0 spiro atoms. The maximum atomic E-state index is 11.6. The van der Waals surface area contributed by atoms with Crippen molar-refractivity contribution in [3.8, 4) is 0 Å². The second-order valence-corrected chi connectivity index (χ2v) is 3.39. The fourth-order valence-corrected chi connectivity index (χ4v) is 1.51. The summed E-state index contributed by atoms with van der Waals surface area (Å²) in [6, 6.07) is 4.42. The first-order valence-electron chi connectivity index (χ1n) is 4.04. The van der Waals surface area contributed by atoms with E-state index in [1.54, 1.807) is 0 Å². The number of amides is 1. The quantitative estimate of drug-likeness (QED) is 0.407. The average molecular weight is 222 g/mol. The summed E-state index contributed by atoms with van der Waals surface area (Å²) in [5.41, 5.74) is 0.0543. The SMILES string of the molecule is O=C=C1C(=O)Nc2cc(Cl)ccc2C1=O. The molecule has 0 aliphatic carbocycles. The van der Waals surface area contributed by atoms with Gasteiger partial charge in [-0.05, 0) is 18.2 Å². The predicted octanol–water partition coefficient (Wildman–Crippen LogP) is 1.23. The zero-order valence-corrected chi connectivity index (χ0v) is 8.09. The number of benzene rings is 1. The van der Waals surface area contributed by atoms with Gasteiger partial charge in [0.1, 0.15) is 5.94 Å². The van der Waals surface area contributed by atoms with E-state index < -0.39 is 17.3 Å². The highest BCUT2D eigenvalue weighted by Crippen LogP contribution is 2.27. The lowest BCUT2D eigenvalue weighted by Gasteiger charge is -2.15. The number of ketones is 1. The molecular weight excluding hydrogens is 218 g/mol. The van der Waals surface area contributed by atoms with Gasteiger partial charge >= 0.3 is 0 Å². The molecule has 1 aliphatic rings. The zero-order valence-electron chi connectivity index (χ0n) is 7.33. The minimum Gasteiger partial charge on any atom is -0.320 e. The van der Waals surface area contributed by atoms with E-state index >= 15 is 0 Å². The lowest BCUT2D eigenvalue weighted by Crippen LogP contribution is -2.27. The molecule has 0 radical (unpaired) electrons. The Labute approximate surface area is 89.5 Å². The van der Waals surface area contributed by atoms with Crippen LogP contribution in [0.3, 0.4) is 0 Å². The van der Waals surface area contributed by atoms with Crippen LogP contribution in [0, 0.1) is 0 Å². The van der Waals surface area contributed by atoms with Gasteiger partial charge in [-0.1, -0.05) is 11.6 Å². The van der Waals surface area contributed by atoms with Crippen molar-refractivity contribution in [1.82, 2.24) is 0 Å². The normalized spacial score (nSPS) is 14.3. The summed E-state index contributed by atoms with van der Waals surface area (Å²) >= 11 is 5.70. The molecule has 1 heterocycles. The smallest absolute Gasteiger partial charge is 0.270 e. The van der Waals surface area contributed by atoms with E-state index in [0.717, 1.165) is 0 Å². The first-order valence-corrected chi connectivity index (χ1v) is 4.42. The van der Waals surface area contributed by atoms with Crippen LogP contribution in [0.2, 0.25) is 5.02 Å². The van der Waals surface area contributed by atoms with Crippen molar-refractivity contribution in [3.63, 3.8) is 0 Å². The minimum atomic E-state index is -0.746. The highest BCUT2D eigenvalue weighted by molar-refractivity contribution is 6.38. The first-order chi connectivity index (χ1) is 7.13. The average Bonchev–Trinajstić information content (AvgIpc) is 2.17. The lowest BCUT2D eigenvalue weighted by atomic mass is 9.98. The monoisotopic (exact) mass is 221 g/mol. The van der Waals surface area contributed by atoms with Crippen LogP contribution in [0.4, 0.5) is 5.69 Å². The van der Waals surface area contributed by atoms with Crippen LogP contribution in [0.15, 0.2) is 23.8 Å². The van der Waals surface area contributed by atoms with Gasteiger partial charge in [-0.2, -0.15) is 0 Å². The summed E-state index contributed by atoms with van der Waals surface area (Å²) in [6.07, 6.45) is 0. The van der Waals surface area contributed by atoms with Crippen molar-refractivity contribution in [2.75, 3.05) is 5.32 Å². The molecule has 4 nitrogen and oxygen atoms in total. The van der Waals surface area contributed by atoms with Crippen molar-refractivity contribution >= 4 is 34.9 Å². The molecule has 0 unspecified atom stereocenters. The van der Waals surface area contributed by atoms with E-state index in [2.05, 4.69) is 5.32 Å². The highest BCUT2D eigenvalue weighted by Gasteiger charge is 2.29. The van der Waals surface area contributed by atoms with E-state index in [-0.39, 0.29) is 5.56 Å². The molecule has 5 heteroatoms. The molecule has 1 N–H and O–H groups in total. The molecule has 1 aromatic rings. The minimum absolute atomic E-state index is 0.248. The van der Waals surface area contributed by atoms with E-state index in [1.165, 1.54) is 24.1 Å². The van der Waals surface area contributed by atoms with Crippen molar-refractivity contribution in [2.45, 2.75) is 0 Å². The predicted molar refractivity (Wildman–Crippen MR) is 53.6 cm³/mol. The number of carbonyl (C=O) groups is 2. The van der Waals surface area contributed by atoms with Gasteiger partial charge in [0.25, 0.3) is 5.91 Å². The Balaban J connectivity index is 2.65. The van der Waals surface area contributed by atoms with Gasteiger partial charge in [0.2, 0.25) is 5.78 Å². The third kappa shape index (κ3) is 1.46. The maximum Gasteiger partial charge on any atom is 0.270 e. The fraction of sp³-hybridized carbons (Fsp3) is 0. The second kappa shape index (κ2) is 3.35. The van der Waals surface area contributed by atoms with Crippen molar-refractivity contribution < 1.29 is 14.4 Å². The molecule has 0 aromatic heterocycles. The third-order valence-electron chi connectivity index (χ3n) is 2.03. The van der Waals surface area contributed by atoms with Crippen molar-refractivity contribution in [1.29, 1.82) is 0 Å². The lowest BCUT2D eigenvalue weighted by molar-refractivity contribution is -0.112. The molecule has 0 saturated carbocycles. The van der Waals surface area contributed by atoms with Crippen LogP contribution < -0.4 is 5.32 Å². The van der Waals surface area contributed by atoms with Crippen LogP contribution in [0.5, 0.6) is 0 Å². The number of hydrogen-bond donors (Lipinski definition) is 1. The Hall–Kier alpha value is -1.90. The van der Waals surface area contributed by atoms with Gasteiger partial charge in [0.15, 0.2) is 5.57 Å². The molecule has 1 aromatic carbocycles. The van der Waals surface area contributed by atoms with Gasteiger partial charge in [0, 0.05) is 10.6 Å².